The number of aromatic nitrogens is 2. The molecular weight excluding hydrogens is 473 g/mol. The summed E-state index contributed by atoms with van der Waals surface area (Å²) in [7, 11) is 1.53. The van der Waals surface area contributed by atoms with Crippen molar-refractivity contribution in [2.45, 2.75) is 24.9 Å². The first kappa shape index (κ1) is 23.5. The lowest BCUT2D eigenvalue weighted by atomic mass is 10.1. The topological polar surface area (TPSA) is 88.6 Å². The standard InChI is InChI=1S/C25H25ClFN5O3/c1-34-23-11-21-18(25(29-14-28-21)30-15-4-7-20(27)19(26)9-15)10-22(23)31-24(33)3-2-8-32-16-5-6-17(32)13-35-12-16/h2-4,7,9-11,14,16-17H,5-6,8,12-13H2,1H3,(H,31,33)(H,28,29,30)/b3-2+. The number of amides is 1. The Morgan fingerprint density at radius 3 is 2.80 bits per heavy atom. The molecule has 2 atom stereocenters. The third-order valence-electron chi connectivity index (χ3n) is 6.37. The van der Waals surface area contributed by atoms with Crippen LogP contribution < -0.4 is 15.4 Å². The molecule has 35 heavy (non-hydrogen) atoms. The van der Waals surface area contributed by atoms with E-state index in [4.69, 9.17) is 21.1 Å². The zero-order valence-corrected chi connectivity index (χ0v) is 19.9. The summed E-state index contributed by atoms with van der Waals surface area (Å²) in [6, 6.07) is 8.65. The molecule has 10 heteroatoms. The summed E-state index contributed by atoms with van der Waals surface area (Å²) >= 11 is 5.90. The van der Waals surface area contributed by atoms with Crippen LogP contribution in [0.2, 0.25) is 5.02 Å². The van der Waals surface area contributed by atoms with Gasteiger partial charge in [0.25, 0.3) is 0 Å². The van der Waals surface area contributed by atoms with Crippen molar-refractivity contribution >= 4 is 45.6 Å². The molecule has 3 aromatic rings. The number of rotatable bonds is 7. The van der Waals surface area contributed by atoms with Gasteiger partial charge in [0.05, 0.1) is 36.6 Å². The smallest absolute Gasteiger partial charge is 0.248 e. The second-order valence-electron chi connectivity index (χ2n) is 8.56. The molecule has 2 N–H and O–H groups in total. The van der Waals surface area contributed by atoms with E-state index in [1.54, 1.807) is 24.3 Å². The highest BCUT2D eigenvalue weighted by molar-refractivity contribution is 6.31. The summed E-state index contributed by atoms with van der Waals surface area (Å²) in [5, 5.41) is 6.67. The van der Waals surface area contributed by atoms with Crippen LogP contribution in [0.5, 0.6) is 5.75 Å². The van der Waals surface area contributed by atoms with Gasteiger partial charge in [0.2, 0.25) is 5.91 Å². The van der Waals surface area contributed by atoms with Crippen LogP contribution in [0, 0.1) is 5.82 Å². The van der Waals surface area contributed by atoms with E-state index in [-0.39, 0.29) is 10.9 Å². The Balaban J connectivity index is 1.34. The second-order valence-corrected chi connectivity index (χ2v) is 8.96. The Morgan fingerprint density at radius 1 is 1.26 bits per heavy atom. The molecule has 0 spiro atoms. The van der Waals surface area contributed by atoms with Gasteiger partial charge in [-0.15, -0.1) is 0 Å². The summed E-state index contributed by atoms with van der Waals surface area (Å²) in [5.41, 5.74) is 1.66. The SMILES string of the molecule is COc1cc2ncnc(Nc3ccc(F)c(Cl)c3)c2cc1NC(=O)/C=C/CN1C2CCC1COC2. The van der Waals surface area contributed by atoms with E-state index in [1.807, 2.05) is 6.08 Å². The molecule has 5 rings (SSSR count). The van der Waals surface area contributed by atoms with Crippen LogP contribution in [0.3, 0.4) is 0 Å². The van der Waals surface area contributed by atoms with Crippen LogP contribution in [0.15, 0.2) is 48.8 Å². The molecule has 1 amide bonds. The van der Waals surface area contributed by atoms with Gasteiger partial charge in [0.1, 0.15) is 23.7 Å². The number of hydrogen-bond acceptors (Lipinski definition) is 7. The molecule has 2 aromatic carbocycles. The van der Waals surface area contributed by atoms with Crippen LogP contribution in [0.4, 0.5) is 21.6 Å². The van der Waals surface area contributed by atoms with Crippen molar-refractivity contribution in [2.75, 3.05) is 37.5 Å². The molecule has 2 fully saturated rings. The van der Waals surface area contributed by atoms with Gasteiger partial charge in [-0.2, -0.15) is 0 Å². The molecule has 3 heterocycles. The van der Waals surface area contributed by atoms with Gasteiger partial charge in [0, 0.05) is 41.8 Å². The molecule has 0 aliphatic carbocycles. The van der Waals surface area contributed by atoms with Crippen LogP contribution in [0.1, 0.15) is 12.8 Å². The third kappa shape index (κ3) is 5.07. The number of carbonyl (C=O) groups excluding carboxylic acids is 1. The van der Waals surface area contributed by atoms with Gasteiger partial charge in [0.15, 0.2) is 0 Å². The monoisotopic (exact) mass is 497 g/mol. The van der Waals surface area contributed by atoms with Crippen LogP contribution in [-0.4, -0.2) is 59.7 Å². The van der Waals surface area contributed by atoms with Crippen LogP contribution >= 0.6 is 11.6 Å². The van der Waals surface area contributed by atoms with Gasteiger partial charge < -0.3 is 20.1 Å². The second kappa shape index (κ2) is 10.2. The number of methoxy groups -OCH3 is 1. The van der Waals surface area contributed by atoms with Crippen molar-refractivity contribution in [1.82, 2.24) is 14.9 Å². The maximum Gasteiger partial charge on any atom is 0.248 e. The summed E-state index contributed by atoms with van der Waals surface area (Å²) in [4.78, 5) is 23.7. The number of ether oxygens (including phenoxy) is 2. The first-order valence-corrected chi connectivity index (χ1v) is 11.8. The molecular formula is C25H25ClFN5O3. The van der Waals surface area contributed by atoms with Gasteiger partial charge in [-0.1, -0.05) is 17.7 Å². The summed E-state index contributed by atoms with van der Waals surface area (Å²) in [6.45, 7) is 2.23. The van der Waals surface area contributed by atoms with Crippen molar-refractivity contribution in [3.8, 4) is 5.75 Å². The summed E-state index contributed by atoms with van der Waals surface area (Å²) < 4.78 is 24.6. The predicted molar refractivity (Wildman–Crippen MR) is 133 cm³/mol. The molecule has 2 saturated heterocycles. The predicted octanol–water partition coefficient (Wildman–Crippen LogP) is 4.53. The molecule has 0 radical (unpaired) electrons. The number of anilines is 3. The van der Waals surface area contributed by atoms with Gasteiger partial charge in [-0.05, 0) is 37.1 Å². The maximum absolute atomic E-state index is 13.5. The Kier molecular flexibility index (Phi) is 6.81. The molecule has 2 aliphatic heterocycles. The van der Waals surface area contributed by atoms with Crippen molar-refractivity contribution in [3.05, 3.63) is 59.7 Å². The quantitative estimate of drug-likeness (QED) is 0.463. The molecule has 2 aliphatic rings. The first-order chi connectivity index (χ1) is 17.0. The minimum absolute atomic E-state index is 0.000133. The summed E-state index contributed by atoms with van der Waals surface area (Å²) in [6.07, 6.45) is 7.12. The molecule has 0 saturated carbocycles. The molecule has 1 aromatic heterocycles. The average Bonchev–Trinajstić information content (AvgIpc) is 3.06. The number of carbonyl (C=O) groups is 1. The molecule has 2 unspecified atom stereocenters. The van der Waals surface area contributed by atoms with E-state index in [0.29, 0.717) is 52.5 Å². The maximum atomic E-state index is 13.5. The number of hydrogen-bond donors (Lipinski definition) is 2. The number of fused-ring (bicyclic) bond motifs is 3. The average molecular weight is 498 g/mol. The van der Waals surface area contributed by atoms with Crippen molar-refractivity contribution < 1.29 is 18.7 Å². The molecule has 182 valence electrons. The minimum Gasteiger partial charge on any atom is -0.494 e. The van der Waals surface area contributed by atoms with E-state index in [2.05, 4.69) is 25.5 Å². The minimum atomic E-state index is -0.506. The largest absolute Gasteiger partial charge is 0.494 e. The van der Waals surface area contributed by atoms with Crippen LogP contribution in [0.25, 0.3) is 10.9 Å². The van der Waals surface area contributed by atoms with Crippen molar-refractivity contribution in [3.63, 3.8) is 0 Å². The first-order valence-electron chi connectivity index (χ1n) is 11.4. The zero-order valence-electron chi connectivity index (χ0n) is 19.1. The Bertz CT molecular complexity index is 1270. The lowest BCUT2D eigenvalue weighted by molar-refractivity contribution is -0.111. The number of nitrogens with one attached hydrogen (secondary N) is 2. The van der Waals surface area contributed by atoms with Gasteiger partial charge >= 0.3 is 0 Å². The van der Waals surface area contributed by atoms with E-state index in [1.165, 1.54) is 25.6 Å². The highest BCUT2D eigenvalue weighted by Gasteiger charge is 2.36. The number of benzene rings is 2. The normalized spacial score (nSPS) is 19.9. The Morgan fingerprint density at radius 2 is 2.06 bits per heavy atom. The van der Waals surface area contributed by atoms with E-state index < -0.39 is 5.82 Å². The van der Waals surface area contributed by atoms with E-state index in [9.17, 15) is 9.18 Å². The fraction of sp³-hybridized carbons (Fsp3) is 0.320. The molecule has 8 nitrogen and oxygen atoms in total. The van der Waals surface area contributed by atoms with Gasteiger partial charge in [-0.3, -0.25) is 9.69 Å². The third-order valence-corrected chi connectivity index (χ3v) is 6.66. The van der Waals surface area contributed by atoms with E-state index in [0.717, 1.165) is 26.1 Å². The fourth-order valence-electron chi connectivity index (χ4n) is 4.63. The number of nitrogens with zero attached hydrogens (tertiary/aromatic N) is 3. The van der Waals surface area contributed by atoms with Gasteiger partial charge in [-0.25, -0.2) is 14.4 Å². The zero-order chi connectivity index (χ0) is 24.4. The Hall–Kier alpha value is -3.27. The van der Waals surface area contributed by atoms with Crippen LogP contribution in [-0.2, 0) is 9.53 Å². The number of halogens is 2. The van der Waals surface area contributed by atoms with Crippen molar-refractivity contribution in [2.24, 2.45) is 0 Å². The highest BCUT2D eigenvalue weighted by Crippen LogP contribution is 2.34. The molecule has 2 bridgehead atoms. The Labute approximate surface area is 207 Å². The number of morpholine rings is 1. The lowest BCUT2D eigenvalue weighted by Crippen LogP contribution is -2.45. The fourth-order valence-corrected chi connectivity index (χ4v) is 4.81. The lowest BCUT2D eigenvalue weighted by Gasteiger charge is -2.33. The highest BCUT2D eigenvalue weighted by atomic mass is 35.5. The summed E-state index contributed by atoms with van der Waals surface area (Å²) in [5.74, 6) is 0.183. The van der Waals surface area contributed by atoms with Crippen molar-refractivity contribution in [1.29, 1.82) is 0 Å². The van der Waals surface area contributed by atoms with E-state index >= 15 is 0 Å².